The number of aromatic nitrogens is 4. The van der Waals surface area contributed by atoms with E-state index in [2.05, 4.69) is 15.0 Å². The van der Waals surface area contributed by atoms with Gasteiger partial charge in [-0.05, 0) is 25.8 Å². The predicted molar refractivity (Wildman–Crippen MR) is 80.7 cm³/mol. The molecule has 118 valence electrons. The molecule has 3 rings (SSSR count). The molecule has 1 aliphatic heterocycles. The van der Waals surface area contributed by atoms with E-state index in [4.69, 9.17) is 0 Å². The summed E-state index contributed by atoms with van der Waals surface area (Å²) in [5, 5.41) is 0.0980. The molecular formula is C14H19N5O2S. The van der Waals surface area contributed by atoms with Gasteiger partial charge in [0.2, 0.25) is 0 Å². The Hall–Kier alpha value is -1.80. The van der Waals surface area contributed by atoms with E-state index in [-0.39, 0.29) is 10.9 Å². The fraction of sp³-hybridized carbons (Fsp3) is 0.500. The zero-order valence-electron chi connectivity index (χ0n) is 12.7. The van der Waals surface area contributed by atoms with Gasteiger partial charge in [-0.25, -0.2) is 23.4 Å². The maximum Gasteiger partial charge on any atom is 0.262 e. The minimum absolute atomic E-state index is 0.0344. The quantitative estimate of drug-likeness (QED) is 0.845. The van der Waals surface area contributed by atoms with Crippen molar-refractivity contribution < 1.29 is 8.42 Å². The van der Waals surface area contributed by atoms with Crippen LogP contribution in [0.25, 0.3) is 0 Å². The summed E-state index contributed by atoms with van der Waals surface area (Å²) in [5.41, 5.74) is 0.898. The first-order valence-corrected chi connectivity index (χ1v) is 8.68. The van der Waals surface area contributed by atoms with Crippen molar-refractivity contribution >= 4 is 10.0 Å². The highest BCUT2D eigenvalue weighted by Crippen LogP contribution is 2.28. The molecule has 0 radical (unpaired) electrons. The van der Waals surface area contributed by atoms with Crippen LogP contribution in [0.3, 0.4) is 0 Å². The number of sulfonamides is 1. The van der Waals surface area contributed by atoms with Gasteiger partial charge in [-0.15, -0.1) is 0 Å². The van der Waals surface area contributed by atoms with Crippen molar-refractivity contribution in [1.29, 1.82) is 0 Å². The number of nitrogens with zero attached hydrogens (tertiary/aromatic N) is 5. The van der Waals surface area contributed by atoms with Crippen LogP contribution in [0.1, 0.15) is 30.3 Å². The van der Waals surface area contributed by atoms with Gasteiger partial charge in [-0.1, -0.05) is 0 Å². The van der Waals surface area contributed by atoms with Crippen LogP contribution in [0.5, 0.6) is 0 Å². The molecule has 1 saturated heterocycles. The summed E-state index contributed by atoms with van der Waals surface area (Å²) in [5.74, 6) is 0.757. The molecule has 0 spiro atoms. The van der Waals surface area contributed by atoms with Crippen LogP contribution in [-0.4, -0.2) is 45.3 Å². The first kappa shape index (κ1) is 15.1. The number of rotatable bonds is 3. The fourth-order valence-electron chi connectivity index (χ4n) is 2.69. The van der Waals surface area contributed by atoms with E-state index in [1.807, 2.05) is 13.0 Å². The minimum Gasteiger partial charge on any atom is -0.339 e. The lowest BCUT2D eigenvalue weighted by Gasteiger charge is -2.30. The molecule has 8 heteroatoms. The smallest absolute Gasteiger partial charge is 0.262 e. The molecule has 0 aromatic carbocycles. The third-order valence-corrected chi connectivity index (χ3v) is 5.60. The van der Waals surface area contributed by atoms with Crippen molar-refractivity contribution in [3.8, 4) is 0 Å². The summed E-state index contributed by atoms with van der Waals surface area (Å²) in [6.07, 6.45) is 6.45. The average Bonchev–Trinajstić information content (AvgIpc) is 2.95. The van der Waals surface area contributed by atoms with E-state index in [0.29, 0.717) is 13.1 Å². The summed E-state index contributed by atoms with van der Waals surface area (Å²) in [6.45, 7) is 2.83. The van der Waals surface area contributed by atoms with Gasteiger partial charge in [-0.2, -0.15) is 4.31 Å². The topological polar surface area (TPSA) is 81.0 Å². The average molecular weight is 321 g/mol. The molecule has 7 nitrogen and oxygen atoms in total. The Morgan fingerprint density at radius 1 is 1.32 bits per heavy atom. The Balaban J connectivity index is 1.84. The summed E-state index contributed by atoms with van der Waals surface area (Å²) in [7, 11) is -1.79. The molecule has 0 amide bonds. The van der Waals surface area contributed by atoms with Gasteiger partial charge in [0.05, 0.1) is 6.33 Å². The van der Waals surface area contributed by atoms with Crippen molar-refractivity contribution in [2.24, 2.45) is 7.05 Å². The van der Waals surface area contributed by atoms with Gasteiger partial charge in [-0.3, -0.25) is 0 Å². The third-order valence-electron chi connectivity index (χ3n) is 3.85. The van der Waals surface area contributed by atoms with E-state index < -0.39 is 10.0 Å². The molecule has 0 N–H and O–H groups in total. The first-order valence-electron chi connectivity index (χ1n) is 7.24. The summed E-state index contributed by atoms with van der Waals surface area (Å²) < 4.78 is 28.4. The molecule has 0 bridgehead atoms. The van der Waals surface area contributed by atoms with E-state index in [9.17, 15) is 8.42 Å². The second-order valence-electron chi connectivity index (χ2n) is 5.64. The lowest BCUT2D eigenvalue weighted by atomic mass is 9.99. The van der Waals surface area contributed by atoms with Crippen molar-refractivity contribution in [3.05, 3.63) is 36.3 Å². The van der Waals surface area contributed by atoms with Crippen LogP contribution in [-0.2, 0) is 17.1 Å². The number of hydrogen-bond acceptors (Lipinski definition) is 5. The molecule has 2 aromatic rings. The van der Waals surface area contributed by atoms with Crippen LogP contribution in [0, 0.1) is 6.92 Å². The molecule has 0 unspecified atom stereocenters. The van der Waals surface area contributed by atoms with Gasteiger partial charge < -0.3 is 4.57 Å². The van der Waals surface area contributed by atoms with Gasteiger partial charge >= 0.3 is 0 Å². The number of hydrogen-bond donors (Lipinski definition) is 0. The van der Waals surface area contributed by atoms with Gasteiger partial charge in [0.1, 0.15) is 5.82 Å². The lowest BCUT2D eigenvalue weighted by molar-refractivity contribution is 0.308. The fourth-order valence-corrected chi connectivity index (χ4v) is 4.18. The Bertz CT molecular complexity index is 771. The molecule has 1 aliphatic rings. The normalized spacial score (nSPS) is 20.2. The zero-order valence-corrected chi connectivity index (χ0v) is 13.5. The SMILES string of the molecule is Cc1ccnc([C@@H]2CCCN(S(=O)(=O)c3cn(C)cn3)C2)n1. The Kier molecular flexibility index (Phi) is 3.96. The molecule has 2 aromatic heterocycles. The number of aryl methyl sites for hydroxylation is 2. The van der Waals surface area contributed by atoms with Crippen LogP contribution in [0.2, 0.25) is 0 Å². The molecule has 1 fully saturated rings. The summed E-state index contributed by atoms with van der Waals surface area (Å²) >= 11 is 0. The second-order valence-corrected chi connectivity index (χ2v) is 7.52. The second kappa shape index (κ2) is 5.77. The third kappa shape index (κ3) is 2.89. The van der Waals surface area contributed by atoms with Crippen LogP contribution in [0.4, 0.5) is 0 Å². The molecule has 3 heterocycles. The van der Waals surface area contributed by atoms with Crippen LogP contribution in [0.15, 0.2) is 29.8 Å². The van der Waals surface area contributed by atoms with E-state index >= 15 is 0 Å². The van der Waals surface area contributed by atoms with E-state index in [0.717, 1.165) is 24.4 Å². The molecule has 22 heavy (non-hydrogen) atoms. The monoisotopic (exact) mass is 321 g/mol. The Morgan fingerprint density at radius 2 is 2.14 bits per heavy atom. The minimum atomic E-state index is -3.55. The zero-order chi connectivity index (χ0) is 15.7. The molecule has 0 aliphatic carbocycles. The highest BCUT2D eigenvalue weighted by molar-refractivity contribution is 7.89. The van der Waals surface area contributed by atoms with Crippen molar-refractivity contribution in [2.45, 2.75) is 30.7 Å². The summed E-state index contributed by atoms with van der Waals surface area (Å²) in [6, 6.07) is 1.84. The Labute approximate surface area is 130 Å². The maximum atomic E-state index is 12.7. The maximum absolute atomic E-state index is 12.7. The van der Waals surface area contributed by atoms with Crippen LogP contribution < -0.4 is 0 Å². The predicted octanol–water partition coefficient (Wildman–Crippen LogP) is 1.09. The molecular weight excluding hydrogens is 302 g/mol. The Morgan fingerprint density at radius 3 is 2.82 bits per heavy atom. The van der Waals surface area contributed by atoms with Gasteiger partial charge in [0, 0.05) is 44.1 Å². The lowest BCUT2D eigenvalue weighted by Crippen LogP contribution is -2.39. The van der Waals surface area contributed by atoms with Gasteiger partial charge in [0.25, 0.3) is 10.0 Å². The summed E-state index contributed by atoms with van der Waals surface area (Å²) in [4.78, 5) is 12.7. The van der Waals surface area contributed by atoms with Crippen molar-refractivity contribution in [3.63, 3.8) is 0 Å². The van der Waals surface area contributed by atoms with Crippen molar-refractivity contribution in [1.82, 2.24) is 23.8 Å². The highest BCUT2D eigenvalue weighted by atomic mass is 32.2. The number of piperidine rings is 1. The molecule has 0 saturated carbocycles. The van der Waals surface area contributed by atoms with E-state index in [1.165, 1.54) is 16.8 Å². The molecule has 1 atom stereocenters. The number of imidazole rings is 1. The highest BCUT2D eigenvalue weighted by Gasteiger charge is 2.33. The largest absolute Gasteiger partial charge is 0.339 e. The standard InChI is InChI=1S/C14H19N5O2S/c1-11-5-6-15-14(17-11)12-4-3-7-19(8-12)22(20,21)13-9-18(2)10-16-13/h5-6,9-10,12H,3-4,7-8H2,1-2H3/t12-/m1/s1. The van der Waals surface area contributed by atoms with Crippen LogP contribution >= 0.6 is 0 Å². The van der Waals surface area contributed by atoms with Crippen molar-refractivity contribution in [2.75, 3.05) is 13.1 Å². The first-order chi connectivity index (χ1) is 10.5. The van der Waals surface area contributed by atoms with Gasteiger partial charge in [0.15, 0.2) is 5.03 Å². The van der Waals surface area contributed by atoms with E-state index in [1.54, 1.807) is 17.8 Å².